The van der Waals surface area contributed by atoms with Gasteiger partial charge < -0.3 is 19.5 Å². The summed E-state index contributed by atoms with van der Waals surface area (Å²) < 4.78 is 5.20. The average Bonchev–Trinajstić information content (AvgIpc) is 3.29. The standard InChI is InChI=1S/C18H27N5O4/c1-11(2)14(15-21-19-10-27-15)20-13(24)8-22-9-18(17(22)26)6-5-7-23(18)16(25)12(3)4/h10-12,14H,5-9H2,1-4H3,(H,20,24)/t14-,18?/m0/s1. The van der Waals surface area contributed by atoms with E-state index in [9.17, 15) is 14.4 Å². The number of aromatic nitrogens is 2. The van der Waals surface area contributed by atoms with E-state index in [1.165, 1.54) is 11.3 Å². The average molecular weight is 377 g/mol. The highest BCUT2D eigenvalue weighted by molar-refractivity contribution is 5.99. The highest BCUT2D eigenvalue weighted by atomic mass is 16.4. The number of nitrogens with one attached hydrogen (secondary N) is 1. The third-order valence-electron chi connectivity index (χ3n) is 5.35. The predicted molar refractivity (Wildman–Crippen MR) is 95.1 cm³/mol. The molecule has 1 aromatic heterocycles. The normalized spacial score (nSPS) is 23.3. The van der Waals surface area contributed by atoms with E-state index in [4.69, 9.17) is 4.42 Å². The van der Waals surface area contributed by atoms with Crippen molar-refractivity contribution in [1.29, 1.82) is 0 Å². The number of β-lactam (4-membered cyclic amide) rings is 1. The molecule has 1 spiro atoms. The number of carbonyl (C=O) groups is 3. The fourth-order valence-corrected chi connectivity index (χ4v) is 3.91. The monoisotopic (exact) mass is 377 g/mol. The second-order valence-electron chi connectivity index (χ2n) is 8.01. The lowest BCUT2D eigenvalue weighted by molar-refractivity contribution is -0.169. The van der Waals surface area contributed by atoms with E-state index >= 15 is 0 Å². The zero-order chi connectivity index (χ0) is 19.8. The van der Waals surface area contributed by atoms with Crippen molar-refractivity contribution in [2.24, 2.45) is 11.8 Å². The molecule has 9 heteroatoms. The number of carbonyl (C=O) groups excluding carboxylic acids is 3. The van der Waals surface area contributed by atoms with Crippen molar-refractivity contribution >= 4 is 17.7 Å². The van der Waals surface area contributed by atoms with E-state index in [1.54, 1.807) is 4.90 Å². The van der Waals surface area contributed by atoms with Crippen LogP contribution in [-0.2, 0) is 14.4 Å². The minimum absolute atomic E-state index is 0.00113. The minimum atomic E-state index is -0.744. The second-order valence-corrected chi connectivity index (χ2v) is 8.01. The van der Waals surface area contributed by atoms with Crippen molar-refractivity contribution in [3.05, 3.63) is 12.3 Å². The summed E-state index contributed by atoms with van der Waals surface area (Å²) in [4.78, 5) is 40.9. The Bertz CT molecular complexity index is 717. The highest BCUT2D eigenvalue weighted by Crippen LogP contribution is 2.39. The number of amides is 3. The molecule has 0 bridgehead atoms. The van der Waals surface area contributed by atoms with Crippen LogP contribution in [0.2, 0.25) is 0 Å². The summed E-state index contributed by atoms with van der Waals surface area (Å²) in [6, 6.07) is -0.407. The van der Waals surface area contributed by atoms with E-state index < -0.39 is 11.6 Å². The fourth-order valence-electron chi connectivity index (χ4n) is 3.91. The van der Waals surface area contributed by atoms with E-state index in [-0.39, 0.29) is 36.1 Å². The van der Waals surface area contributed by atoms with Crippen molar-refractivity contribution in [2.45, 2.75) is 52.1 Å². The third kappa shape index (κ3) is 3.42. The van der Waals surface area contributed by atoms with Gasteiger partial charge in [0.15, 0.2) is 0 Å². The lowest BCUT2D eigenvalue weighted by Gasteiger charge is -2.51. The first-order valence-electron chi connectivity index (χ1n) is 9.42. The molecule has 2 aliphatic rings. The van der Waals surface area contributed by atoms with Gasteiger partial charge in [0.05, 0.1) is 13.1 Å². The van der Waals surface area contributed by atoms with Gasteiger partial charge in [-0.2, -0.15) is 0 Å². The predicted octanol–water partition coefficient (Wildman–Crippen LogP) is 0.742. The van der Waals surface area contributed by atoms with Crippen molar-refractivity contribution in [3.8, 4) is 0 Å². The Kier molecular flexibility index (Phi) is 5.21. The van der Waals surface area contributed by atoms with Gasteiger partial charge in [-0.3, -0.25) is 14.4 Å². The zero-order valence-electron chi connectivity index (χ0n) is 16.3. The van der Waals surface area contributed by atoms with Crippen molar-refractivity contribution in [3.63, 3.8) is 0 Å². The molecule has 0 aromatic carbocycles. The lowest BCUT2D eigenvalue weighted by atomic mass is 9.85. The topological polar surface area (TPSA) is 109 Å². The van der Waals surface area contributed by atoms with Crippen LogP contribution in [0.1, 0.15) is 52.5 Å². The Morgan fingerprint density at radius 2 is 2.07 bits per heavy atom. The summed E-state index contributed by atoms with van der Waals surface area (Å²) in [6.45, 7) is 8.53. The molecule has 27 heavy (non-hydrogen) atoms. The molecule has 0 aliphatic carbocycles. The van der Waals surface area contributed by atoms with E-state index in [0.717, 1.165) is 6.42 Å². The largest absolute Gasteiger partial charge is 0.426 e. The maximum absolute atomic E-state index is 12.8. The Balaban J connectivity index is 1.61. The maximum atomic E-state index is 12.8. The van der Waals surface area contributed by atoms with Gasteiger partial charge in [0.1, 0.15) is 11.6 Å². The Labute approximate surface area is 158 Å². The zero-order valence-corrected chi connectivity index (χ0v) is 16.3. The molecule has 148 valence electrons. The smallest absolute Gasteiger partial charge is 0.250 e. The van der Waals surface area contributed by atoms with Gasteiger partial charge >= 0.3 is 0 Å². The molecule has 1 unspecified atom stereocenters. The van der Waals surface area contributed by atoms with Gasteiger partial charge in [-0.05, 0) is 18.8 Å². The van der Waals surface area contributed by atoms with Crippen molar-refractivity contribution < 1.29 is 18.8 Å². The SMILES string of the molecule is CC(C)C(=O)N1CCCC12CN(CC(=O)N[C@H](c1nnco1)C(C)C)C2=O. The van der Waals surface area contributed by atoms with Gasteiger partial charge in [-0.25, -0.2) is 0 Å². The molecule has 0 saturated carbocycles. The lowest BCUT2D eigenvalue weighted by Crippen LogP contribution is -2.74. The summed E-state index contributed by atoms with van der Waals surface area (Å²) in [6.07, 6.45) is 2.70. The molecule has 3 heterocycles. The summed E-state index contributed by atoms with van der Waals surface area (Å²) in [7, 11) is 0. The van der Waals surface area contributed by atoms with Crippen LogP contribution in [0, 0.1) is 11.8 Å². The molecule has 2 aliphatic heterocycles. The Hall–Kier alpha value is -2.45. The quantitative estimate of drug-likeness (QED) is 0.733. The first-order chi connectivity index (χ1) is 12.8. The summed E-state index contributed by atoms with van der Waals surface area (Å²) in [5.41, 5.74) is -0.744. The van der Waals surface area contributed by atoms with Crippen LogP contribution in [0.3, 0.4) is 0 Å². The molecule has 3 rings (SSSR count). The number of hydrogen-bond donors (Lipinski definition) is 1. The van der Waals surface area contributed by atoms with Gasteiger partial charge in [-0.15, -0.1) is 10.2 Å². The van der Waals surface area contributed by atoms with Gasteiger partial charge in [0.25, 0.3) is 5.91 Å². The summed E-state index contributed by atoms with van der Waals surface area (Å²) >= 11 is 0. The van der Waals surface area contributed by atoms with E-state index in [1.807, 2.05) is 27.7 Å². The van der Waals surface area contributed by atoms with Crippen LogP contribution >= 0.6 is 0 Å². The molecule has 9 nitrogen and oxygen atoms in total. The molecule has 2 saturated heterocycles. The van der Waals surface area contributed by atoms with Crippen LogP contribution in [0.5, 0.6) is 0 Å². The highest BCUT2D eigenvalue weighted by Gasteiger charge is 2.59. The third-order valence-corrected chi connectivity index (χ3v) is 5.35. The van der Waals surface area contributed by atoms with Crippen LogP contribution in [0.25, 0.3) is 0 Å². The van der Waals surface area contributed by atoms with Crippen LogP contribution in [0.4, 0.5) is 0 Å². The Morgan fingerprint density at radius 1 is 1.33 bits per heavy atom. The van der Waals surface area contributed by atoms with Crippen LogP contribution < -0.4 is 5.32 Å². The minimum Gasteiger partial charge on any atom is -0.426 e. The number of likely N-dealkylation sites (tertiary alicyclic amines) is 2. The van der Waals surface area contributed by atoms with Gasteiger partial charge in [-0.1, -0.05) is 27.7 Å². The number of hydrogen-bond acceptors (Lipinski definition) is 6. The second kappa shape index (κ2) is 7.28. The fraction of sp³-hybridized carbons (Fsp3) is 0.722. The molecular formula is C18H27N5O4. The number of nitrogens with zero attached hydrogens (tertiary/aromatic N) is 4. The first kappa shape index (κ1) is 19.3. The molecule has 1 N–H and O–H groups in total. The molecule has 1 aromatic rings. The van der Waals surface area contributed by atoms with Gasteiger partial charge in [0.2, 0.25) is 24.1 Å². The molecule has 3 amide bonds. The van der Waals surface area contributed by atoms with Crippen molar-refractivity contribution in [2.75, 3.05) is 19.6 Å². The summed E-state index contributed by atoms with van der Waals surface area (Å²) in [5.74, 6) is -0.165. The molecule has 0 radical (unpaired) electrons. The maximum Gasteiger partial charge on any atom is 0.250 e. The van der Waals surface area contributed by atoms with E-state index in [2.05, 4.69) is 15.5 Å². The molecule has 2 fully saturated rings. The van der Waals surface area contributed by atoms with Gasteiger partial charge in [0, 0.05) is 12.5 Å². The molecule has 2 atom stereocenters. The van der Waals surface area contributed by atoms with Crippen LogP contribution in [-0.4, -0.2) is 62.9 Å². The van der Waals surface area contributed by atoms with Crippen molar-refractivity contribution in [1.82, 2.24) is 25.3 Å². The first-order valence-corrected chi connectivity index (χ1v) is 9.42. The number of rotatable bonds is 6. The van der Waals surface area contributed by atoms with Crippen LogP contribution in [0.15, 0.2) is 10.8 Å². The summed E-state index contributed by atoms with van der Waals surface area (Å²) in [5, 5.41) is 10.4. The molecular weight excluding hydrogens is 350 g/mol. The van der Waals surface area contributed by atoms with E-state index in [0.29, 0.717) is 25.4 Å². The Morgan fingerprint density at radius 3 is 2.63 bits per heavy atom.